The zero-order valence-electron chi connectivity index (χ0n) is 15.4. The monoisotopic (exact) mass is 361 g/mol. The number of unbranched alkanes of at least 4 members (excludes halogenated alkanes) is 1. The Morgan fingerprint density at radius 2 is 2.19 bits per heavy atom. The zero-order valence-corrected chi connectivity index (χ0v) is 15.4. The third-order valence-electron chi connectivity index (χ3n) is 4.21. The van der Waals surface area contributed by atoms with Gasteiger partial charge < -0.3 is 15.4 Å². The fourth-order valence-electron chi connectivity index (χ4n) is 2.83. The van der Waals surface area contributed by atoms with Crippen LogP contribution in [0.4, 0.5) is 5.69 Å². The summed E-state index contributed by atoms with van der Waals surface area (Å²) in [5.74, 6) is -0.869. The SMILES string of the molecule is CCCCOC(=O)CC1C(=O)NCCN1CC(=O)Nc1cccc(C)c1. The first kappa shape index (κ1) is 19.9. The van der Waals surface area contributed by atoms with Gasteiger partial charge in [-0.15, -0.1) is 0 Å². The van der Waals surface area contributed by atoms with Crippen LogP contribution in [0, 0.1) is 6.92 Å². The minimum absolute atomic E-state index is 0.0483. The van der Waals surface area contributed by atoms with E-state index in [1.54, 1.807) is 4.90 Å². The average molecular weight is 361 g/mol. The first-order valence-corrected chi connectivity index (χ1v) is 9.03. The summed E-state index contributed by atoms with van der Waals surface area (Å²) in [5.41, 5.74) is 1.76. The molecule has 7 heteroatoms. The summed E-state index contributed by atoms with van der Waals surface area (Å²) in [6, 6.07) is 6.83. The number of nitrogens with zero attached hydrogens (tertiary/aromatic N) is 1. The van der Waals surface area contributed by atoms with Gasteiger partial charge in [-0.3, -0.25) is 19.3 Å². The van der Waals surface area contributed by atoms with Gasteiger partial charge in [0.05, 0.1) is 19.6 Å². The molecule has 7 nitrogen and oxygen atoms in total. The first-order chi connectivity index (χ1) is 12.5. The van der Waals surface area contributed by atoms with Crippen LogP contribution in [0.3, 0.4) is 0 Å². The van der Waals surface area contributed by atoms with E-state index in [1.807, 2.05) is 38.1 Å². The number of carbonyl (C=O) groups excluding carboxylic acids is 3. The number of benzene rings is 1. The van der Waals surface area contributed by atoms with Crippen LogP contribution in [0.15, 0.2) is 24.3 Å². The Hall–Kier alpha value is -2.41. The lowest BCUT2D eigenvalue weighted by Crippen LogP contribution is -2.57. The van der Waals surface area contributed by atoms with E-state index in [4.69, 9.17) is 4.74 Å². The summed E-state index contributed by atoms with van der Waals surface area (Å²) in [5, 5.41) is 5.58. The quantitative estimate of drug-likeness (QED) is 0.541. The van der Waals surface area contributed by atoms with E-state index in [1.165, 1.54) is 0 Å². The first-order valence-electron chi connectivity index (χ1n) is 9.03. The van der Waals surface area contributed by atoms with Crippen molar-refractivity contribution in [2.45, 2.75) is 39.2 Å². The van der Waals surface area contributed by atoms with Gasteiger partial charge in [0.15, 0.2) is 0 Å². The number of ether oxygens (including phenoxy) is 1. The summed E-state index contributed by atoms with van der Waals surface area (Å²) in [6.45, 7) is 5.34. The highest BCUT2D eigenvalue weighted by Crippen LogP contribution is 2.12. The van der Waals surface area contributed by atoms with Crippen LogP contribution in [0.25, 0.3) is 0 Å². The van der Waals surface area contributed by atoms with E-state index >= 15 is 0 Å². The second-order valence-electron chi connectivity index (χ2n) is 6.47. The van der Waals surface area contributed by atoms with Crippen LogP contribution < -0.4 is 10.6 Å². The molecule has 142 valence electrons. The normalized spacial score (nSPS) is 17.5. The number of esters is 1. The van der Waals surface area contributed by atoms with Crippen molar-refractivity contribution in [1.29, 1.82) is 0 Å². The van der Waals surface area contributed by atoms with Crippen LogP contribution in [0.5, 0.6) is 0 Å². The van der Waals surface area contributed by atoms with Crippen molar-refractivity contribution < 1.29 is 19.1 Å². The highest BCUT2D eigenvalue weighted by Gasteiger charge is 2.33. The smallest absolute Gasteiger partial charge is 0.307 e. The highest BCUT2D eigenvalue weighted by atomic mass is 16.5. The Labute approximate surface area is 154 Å². The van der Waals surface area contributed by atoms with E-state index in [0.717, 1.165) is 18.4 Å². The standard InChI is InChI=1S/C19H27N3O4/c1-3-4-10-26-18(24)12-16-19(25)20-8-9-22(16)13-17(23)21-15-7-5-6-14(2)11-15/h5-7,11,16H,3-4,8-10,12-13H2,1-2H3,(H,20,25)(H,21,23). The lowest BCUT2D eigenvalue weighted by atomic mass is 10.1. The molecule has 1 saturated heterocycles. The lowest BCUT2D eigenvalue weighted by molar-refractivity contribution is -0.149. The van der Waals surface area contributed by atoms with Gasteiger partial charge in [0.25, 0.3) is 0 Å². The predicted octanol–water partition coefficient (Wildman–Crippen LogP) is 1.47. The van der Waals surface area contributed by atoms with Crippen LogP contribution in [-0.4, -0.2) is 55.0 Å². The fraction of sp³-hybridized carbons (Fsp3) is 0.526. The van der Waals surface area contributed by atoms with Crippen molar-refractivity contribution >= 4 is 23.5 Å². The summed E-state index contributed by atoms with van der Waals surface area (Å²) >= 11 is 0. The molecule has 1 aliphatic heterocycles. The Bertz CT molecular complexity index is 647. The molecule has 0 saturated carbocycles. The van der Waals surface area contributed by atoms with Crippen LogP contribution in [0.2, 0.25) is 0 Å². The topological polar surface area (TPSA) is 87.7 Å². The summed E-state index contributed by atoms with van der Waals surface area (Å²) < 4.78 is 5.15. The molecule has 1 atom stereocenters. The van der Waals surface area contributed by atoms with Crippen molar-refractivity contribution in [3.05, 3.63) is 29.8 Å². The molecule has 2 amide bonds. The maximum atomic E-state index is 12.3. The van der Waals surface area contributed by atoms with Crippen molar-refractivity contribution in [3.8, 4) is 0 Å². The van der Waals surface area contributed by atoms with Crippen LogP contribution in [0.1, 0.15) is 31.7 Å². The molecule has 1 unspecified atom stereocenters. The van der Waals surface area contributed by atoms with Gasteiger partial charge in [-0.2, -0.15) is 0 Å². The maximum Gasteiger partial charge on any atom is 0.307 e. The van der Waals surface area contributed by atoms with Gasteiger partial charge in [0.1, 0.15) is 6.04 Å². The largest absolute Gasteiger partial charge is 0.466 e. The van der Waals surface area contributed by atoms with Gasteiger partial charge in [0, 0.05) is 18.8 Å². The van der Waals surface area contributed by atoms with Gasteiger partial charge in [-0.25, -0.2) is 0 Å². The maximum absolute atomic E-state index is 12.3. The number of amides is 2. The molecule has 2 N–H and O–H groups in total. The van der Waals surface area contributed by atoms with Crippen molar-refractivity contribution in [1.82, 2.24) is 10.2 Å². The average Bonchev–Trinajstić information content (AvgIpc) is 2.58. The van der Waals surface area contributed by atoms with Gasteiger partial charge >= 0.3 is 5.97 Å². The van der Waals surface area contributed by atoms with Gasteiger partial charge in [0.2, 0.25) is 11.8 Å². The number of piperazine rings is 1. The third-order valence-corrected chi connectivity index (χ3v) is 4.21. The van der Waals surface area contributed by atoms with Crippen molar-refractivity contribution in [2.75, 3.05) is 31.6 Å². The molecule has 1 aliphatic rings. The van der Waals surface area contributed by atoms with Crippen molar-refractivity contribution in [2.24, 2.45) is 0 Å². The Kier molecular flexibility index (Phi) is 7.59. The highest BCUT2D eigenvalue weighted by molar-refractivity contribution is 5.93. The lowest BCUT2D eigenvalue weighted by Gasteiger charge is -2.33. The molecule has 26 heavy (non-hydrogen) atoms. The zero-order chi connectivity index (χ0) is 18.9. The third kappa shape index (κ3) is 6.15. The van der Waals surface area contributed by atoms with Crippen molar-refractivity contribution in [3.63, 3.8) is 0 Å². The predicted molar refractivity (Wildman–Crippen MR) is 98.7 cm³/mol. The molecule has 0 radical (unpaired) electrons. The number of hydrogen-bond donors (Lipinski definition) is 2. The fourth-order valence-corrected chi connectivity index (χ4v) is 2.83. The molecule has 0 aliphatic carbocycles. The molecule has 1 fully saturated rings. The summed E-state index contributed by atoms with van der Waals surface area (Å²) in [4.78, 5) is 38.2. The molecule has 0 spiro atoms. The van der Waals surface area contributed by atoms with E-state index < -0.39 is 12.0 Å². The molecular weight excluding hydrogens is 334 g/mol. The number of anilines is 1. The van der Waals surface area contributed by atoms with E-state index in [2.05, 4.69) is 10.6 Å². The molecule has 2 rings (SSSR count). The number of aryl methyl sites for hydroxylation is 1. The Morgan fingerprint density at radius 3 is 2.92 bits per heavy atom. The van der Waals surface area contributed by atoms with E-state index in [0.29, 0.717) is 25.4 Å². The van der Waals surface area contributed by atoms with E-state index in [-0.39, 0.29) is 24.8 Å². The molecule has 0 aromatic heterocycles. The second kappa shape index (κ2) is 9.91. The minimum atomic E-state index is -0.680. The number of carbonyl (C=O) groups is 3. The molecular formula is C19H27N3O4. The van der Waals surface area contributed by atoms with E-state index in [9.17, 15) is 14.4 Å². The van der Waals surface area contributed by atoms with Crippen LogP contribution in [-0.2, 0) is 19.1 Å². The number of rotatable bonds is 8. The Balaban J connectivity index is 1.92. The summed E-state index contributed by atoms with van der Waals surface area (Å²) in [7, 11) is 0. The number of hydrogen-bond acceptors (Lipinski definition) is 5. The minimum Gasteiger partial charge on any atom is -0.466 e. The van der Waals surface area contributed by atoms with Crippen LogP contribution >= 0.6 is 0 Å². The molecule has 0 bridgehead atoms. The molecule has 1 heterocycles. The summed E-state index contributed by atoms with van der Waals surface area (Å²) in [6.07, 6.45) is 1.68. The Morgan fingerprint density at radius 1 is 1.38 bits per heavy atom. The van der Waals surface area contributed by atoms with Gasteiger partial charge in [-0.05, 0) is 31.0 Å². The second-order valence-corrected chi connectivity index (χ2v) is 6.47. The van der Waals surface area contributed by atoms with Gasteiger partial charge in [-0.1, -0.05) is 25.5 Å². The molecule has 1 aromatic carbocycles. The molecule has 1 aromatic rings. The number of nitrogens with one attached hydrogen (secondary N) is 2.